The Kier molecular flexibility index (Phi) is 5.70. The van der Waals surface area contributed by atoms with Crippen LogP contribution in [0.1, 0.15) is 30.1 Å². The highest BCUT2D eigenvalue weighted by Crippen LogP contribution is 2.14. The highest BCUT2D eigenvalue weighted by Gasteiger charge is 2.07. The topological polar surface area (TPSA) is 72.8 Å². The van der Waals surface area contributed by atoms with Gasteiger partial charge in [-0.3, -0.25) is 4.79 Å². The molecule has 18 heavy (non-hydrogen) atoms. The molecule has 0 amide bonds. The Bertz CT molecular complexity index is 414. The molecule has 0 fully saturated rings. The molecule has 1 aromatic rings. The second kappa shape index (κ2) is 7.32. The van der Waals surface area contributed by atoms with Crippen LogP contribution < -0.4 is 4.74 Å². The number of carboxylic acids is 1. The molecule has 0 atom stereocenters. The van der Waals surface area contributed by atoms with Crippen molar-refractivity contribution in [2.45, 2.75) is 19.8 Å². The third kappa shape index (κ3) is 4.86. The number of rotatable bonds is 7. The third-order valence-corrected chi connectivity index (χ3v) is 2.15. The molecule has 1 N–H and O–H groups in total. The average molecular weight is 252 g/mol. The normalized spacial score (nSPS) is 9.83. The summed E-state index contributed by atoms with van der Waals surface area (Å²) in [6.07, 6.45) is 0.497. The van der Waals surface area contributed by atoms with Crippen LogP contribution >= 0.6 is 0 Å². The number of hydrogen-bond donors (Lipinski definition) is 1. The van der Waals surface area contributed by atoms with Gasteiger partial charge >= 0.3 is 11.9 Å². The molecular weight excluding hydrogens is 236 g/mol. The van der Waals surface area contributed by atoms with Crippen LogP contribution in [0.15, 0.2) is 24.3 Å². The molecule has 0 aliphatic heterocycles. The second-order valence-electron chi connectivity index (χ2n) is 3.59. The van der Waals surface area contributed by atoms with Crippen molar-refractivity contribution in [1.29, 1.82) is 0 Å². The molecule has 0 aliphatic carbocycles. The van der Waals surface area contributed by atoms with Gasteiger partial charge in [-0.05, 0) is 31.5 Å². The van der Waals surface area contributed by atoms with Crippen molar-refractivity contribution in [2.24, 2.45) is 0 Å². The first kappa shape index (κ1) is 14.0. The van der Waals surface area contributed by atoms with E-state index in [1.807, 2.05) is 0 Å². The van der Waals surface area contributed by atoms with E-state index in [0.717, 1.165) is 0 Å². The van der Waals surface area contributed by atoms with Crippen LogP contribution in [-0.4, -0.2) is 30.3 Å². The minimum absolute atomic E-state index is 0.0670. The lowest BCUT2D eigenvalue weighted by Crippen LogP contribution is -2.06. The molecule has 0 aliphatic rings. The molecule has 0 aromatic heterocycles. The van der Waals surface area contributed by atoms with Gasteiger partial charge < -0.3 is 14.6 Å². The molecule has 0 heterocycles. The molecule has 5 heteroatoms. The van der Waals surface area contributed by atoms with Crippen LogP contribution in [0.2, 0.25) is 0 Å². The first-order valence-electron chi connectivity index (χ1n) is 5.75. The van der Waals surface area contributed by atoms with Crippen molar-refractivity contribution in [3.63, 3.8) is 0 Å². The lowest BCUT2D eigenvalue weighted by atomic mass is 10.2. The van der Waals surface area contributed by atoms with Crippen LogP contribution in [0.3, 0.4) is 0 Å². The van der Waals surface area contributed by atoms with E-state index >= 15 is 0 Å². The SMILES string of the molecule is CCOC(=O)c1cccc(OCCCC(=O)O)c1. The number of hydrogen-bond acceptors (Lipinski definition) is 4. The van der Waals surface area contributed by atoms with Crippen LogP contribution in [0, 0.1) is 0 Å². The minimum Gasteiger partial charge on any atom is -0.494 e. The summed E-state index contributed by atoms with van der Waals surface area (Å²) in [5.41, 5.74) is 0.424. The number of benzene rings is 1. The fraction of sp³-hybridized carbons (Fsp3) is 0.385. The minimum atomic E-state index is -0.848. The predicted molar refractivity (Wildman–Crippen MR) is 64.8 cm³/mol. The van der Waals surface area contributed by atoms with E-state index in [-0.39, 0.29) is 6.42 Å². The van der Waals surface area contributed by atoms with Gasteiger partial charge in [0.1, 0.15) is 5.75 Å². The highest BCUT2D eigenvalue weighted by atomic mass is 16.5. The first-order valence-corrected chi connectivity index (χ1v) is 5.75. The number of carboxylic acid groups (broad SMARTS) is 1. The number of carbonyl (C=O) groups excluding carboxylic acids is 1. The molecule has 0 bridgehead atoms. The van der Waals surface area contributed by atoms with E-state index in [0.29, 0.717) is 30.9 Å². The van der Waals surface area contributed by atoms with Crippen molar-refractivity contribution >= 4 is 11.9 Å². The number of esters is 1. The summed E-state index contributed by atoms with van der Waals surface area (Å²) in [6, 6.07) is 6.63. The van der Waals surface area contributed by atoms with Crippen molar-refractivity contribution < 1.29 is 24.2 Å². The Morgan fingerprint density at radius 1 is 1.33 bits per heavy atom. The fourth-order valence-electron chi connectivity index (χ4n) is 1.34. The van der Waals surface area contributed by atoms with Gasteiger partial charge in [0.15, 0.2) is 0 Å². The zero-order valence-electron chi connectivity index (χ0n) is 10.2. The van der Waals surface area contributed by atoms with Crippen molar-refractivity contribution in [3.05, 3.63) is 29.8 Å². The molecule has 0 spiro atoms. The van der Waals surface area contributed by atoms with Crippen LogP contribution in [0.5, 0.6) is 5.75 Å². The zero-order valence-corrected chi connectivity index (χ0v) is 10.2. The van der Waals surface area contributed by atoms with Gasteiger partial charge in [-0.25, -0.2) is 4.79 Å². The van der Waals surface area contributed by atoms with Crippen molar-refractivity contribution in [1.82, 2.24) is 0 Å². The van der Waals surface area contributed by atoms with Crippen molar-refractivity contribution in [2.75, 3.05) is 13.2 Å². The quantitative estimate of drug-likeness (QED) is 0.594. The predicted octanol–water partition coefficient (Wildman–Crippen LogP) is 2.11. The van der Waals surface area contributed by atoms with Gasteiger partial charge in [0.25, 0.3) is 0 Å². The number of aliphatic carboxylic acids is 1. The molecule has 1 aromatic carbocycles. The second-order valence-corrected chi connectivity index (χ2v) is 3.59. The first-order chi connectivity index (χ1) is 8.63. The number of carbonyl (C=O) groups is 2. The molecule has 0 unspecified atom stereocenters. The molecule has 0 saturated heterocycles. The Morgan fingerprint density at radius 2 is 2.11 bits per heavy atom. The van der Waals surface area contributed by atoms with Gasteiger partial charge in [-0.2, -0.15) is 0 Å². The average Bonchev–Trinajstić information content (AvgIpc) is 2.35. The summed E-state index contributed by atoms with van der Waals surface area (Å²) in [6.45, 7) is 2.37. The highest BCUT2D eigenvalue weighted by molar-refractivity contribution is 5.89. The fourth-order valence-corrected chi connectivity index (χ4v) is 1.34. The molecular formula is C13H16O5. The van der Waals surface area contributed by atoms with Gasteiger partial charge in [0.2, 0.25) is 0 Å². The maximum absolute atomic E-state index is 11.5. The molecule has 5 nitrogen and oxygen atoms in total. The Morgan fingerprint density at radius 3 is 2.78 bits per heavy atom. The summed E-state index contributed by atoms with van der Waals surface area (Å²) >= 11 is 0. The molecule has 0 saturated carbocycles. The molecule has 1 rings (SSSR count). The van der Waals surface area contributed by atoms with E-state index in [1.54, 1.807) is 31.2 Å². The smallest absolute Gasteiger partial charge is 0.338 e. The Balaban J connectivity index is 2.49. The van der Waals surface area contributed by atoms with E-state index in [1.165, 1.54) is 0 Å². The maximum Gasteiger partial charge on any atom is 0.338 e. The van der Waals surface area contributed by atoms with Gasteiger partial charge in [0, 0.05) is 6.42 Å². The maximum atomic E-state index is 11.5. The van der Waals surface area contributed by atoms with Crippen molar-refractivity contribution in [3.8, 4) is 5.75 Å². The van der Waals surface area contributed by atoms with Crippen LogP contribution in [-0.2, 0) is 9.53 Å². The van der Waals surface area contributed by atoms with Crippen LogP contribution in [0.4, 0.5) is 0 Å². The van der Waals surface area contributed by atoms with E-state index in [2.05, 4.69) is 0 Å². The summed E-state index contributed by atoms with van der Waals surface area (Å²) < 4.78 is 10.2. The van der Waals surface area contributed by atoms with Crippen LogP contribution in [0.25, 0.3) is 0 Å². The van der Waals surface area contributed by atoms with E-state index in [4.69, 9.17) is 14.6 Å². The Labute approximate surface area is 105 Å². The van der Waals surface area contributed by atoms with Gasteiger partial charge in [0.05, 0.1) is 18.8 Å². The largest absolute Gasteiger partial charge is 0.494 e. The lowest BCUT2D eigenvalue weighted by molar-refractivity contribution is -0.137. The zero-order chi connectivity index (χ0) is 13.4. The summed E-state index contributed by atoms with van der Waals surface area (Å²) in [5.74, 6) is -0.710. The van der Waals surface area contributed by atoms with E-state index < -0.39 is 11.9 Å². The lowest BCUT2D eigenvalue weighted by Gasteiger charge is -2.07. The summed E-state index contributed by atoms with van der Waals surface area (Å²) in [5, 5.41) is 8.47. The monoisotopic (exact) mass is 252 g/mol. The molecule has 98 valence electrons. The Hall–Kier alpha value is -2.04. The summed E-state index contributed by atoms with van der Waals surface area (Å²) in [4.78, 5) is 21.8. The number of ether oxygens (including phenoxy) is 2. The summed E-state index contributed by atoms with van der Waals surface area (Å²) in [7, 11) is 0. The van der Waals surface area contributed by atoms with Gasteiger partial charge in [-0.15, -0.1) is 0 Å². The molecule has 0 radical (unpaired) electrons. The standard InChI is InChI=1S/C13H16O5/c1-2-17-13(16)10-5-3-6-11(9-10)18-8-4-7-12(14)15/h3,5-6,9H,2,4,7-8H2,1H3,(H,14,15). The van der Waals surface area contributed by atoms with Gasteiger partial charge in [-0.1, -0.05) is 6.07 Å². The van der Waals surface area contributed by atoms with E-state index in [9.17, 15) is 9.59 Å². The third-order valence-electron chi connectivity index (χ3n) is 2.15.